The molecule has 2 saturated heterocycles. The largest absolute Gasteiger partial charge is 0.388 e. The second-order valence-electron chi connectivity index (χ2n) is 7.23. The van der Waals surface area contributed by atoms with Gasteiger partial charge in [0.25, 0.3) is 0 Å². The Hall–Kier alpha value is -2.29. The van der Waals surface area contributed by atoms with Crippen molar-refractivity contribution in [1.29, 1.82) is 0 Å². The number of benzene rings is 2. The highest BCUT2D eigenvalue weighted by Crippen LogP contribution is 2.34. The van der Waals surface area contributed by atoms with E-state index >= 15 is 0 Å². The standard InChI is InChI=1S/C22H25NO6/c1-14(24)23-18-19(25)20-17(13-27-21(29-20)16-10-6-3-7-11-16)28-22(18)26-12-15-8-4-2-5-9-15/h2-11,17-22,25H,12-13H2,1H3,(H,23,24)/t17-,18-,19+,20+,21-,22+/m0/s1. The molecule has 2 heterocycles. The highest BCUT2D eigenvalue weighted by molar-refractivity contribution is 5.73. The SMILES string of the molecule is CC(=O)N[C@@H]1[C@H](OCc2ccccc2)O[C@H]2CO[C@H](c3ccccc3)O[C@H]2[C@@H]1O. The average molecular weight is 399 g/mol. The third kappa shape index (κ3) is 4.66. The predicted molar refractivity (Wildman–Crippen MR) is 104 cm³/mol. The van der Waals surface area contributed by atoms with Gasteiger partial charge in [-0.15, -0.1) is 0 Å². The molecule has 2 aliphatic heterocycles. The molecule has 2 aromatic rings. The molecule has 0 saturated carbocycles. The first-order valence-electron chi connectivity index (χ1n) is 9.70. The Balaban J connectivity index is 1.48. The monoisotopic (exact) mass is 399 g/mol. The van der Waals surface area contributed by atoms with Crippen molar-refractivity contribution in [3.63, 3.8) is 0 Å². The normalized spacial score (nSPS) is 31.7. The maximum Gasteiger partial charge on any atom is 0.217 e. The van der Waals surface area contributed by atoms with Crippen LogP contribution in [0.15, 0.2) is 60.7 Å². The summed E-state index contributed by atoms with van der Waals surface area (Å²) in [6.07, 6.45) is -3.59. The lowest BCUT2D eigenvalue weighted by atomic mass is 9.95. The van der Waals surface area contributed by atoms with Crippen LogP contribution < -0.4 is 5.32 Å². The number of carbonyl (C=O) groups is 1. The minimum Gasteiger partial charge on any atom is -0.388 e. The van der Waals surface area contributed by atoms with Crippen LogP contribution in [0.3, 0.4) is 0 Å². The topological polar surface area (TPSA) is 86.3 Å². The zero-order chi connectivity index (χ0) is 20.2. The van der Waals surface area contributed by atoms with Gasteiger partial charge in [0.1, 0.15) is 24.4 Å². The van der Waals surface area contributed by atoms with Gasteiger partial charge in [-0.2, -0.15) is 0 Å². The Morgan fingerprint density at radius 1 is 1.10 bits per heavy atom. The van der Waals surface area contributed by atoms with Crippen LogP contribution in [0.1, 0.15) is 24.3 Å². The molecule has 0 aromatic heterocycles. The maximum absolute atomic E-state index is 11.7. The van der Waals surface area contributed by atoms with Crippen molar-refractivity contribution in [1.82, 2.24) is 5.32 Å². The molecular weight excluding hydrogens is 374 g/mol. The highest BCUT2D eigenvalue weighted by Gasteiger charge is 2.50. The first-order valence-corrected chi connectivity index (χ1v) is 9.70. The smallest absolute Gasteiger partial charge is 0.217 e. The summed E-state index contributed by atoms with van der Waals surface area (Å²) < 4.78 is 23.8. The summed E-state index contributed by atoms with van der Waals surface area (Å²) in [4.78, 5) is 11.7. The van der Waals surface area contributed by atoms with Crippen molar-refractivity contribution in [2.24, 2.45) is 0 Å². The zero-order valence-corrected chi connectivity index (χ0v) is 16.1. The Kier molecular flexibility index (Phi) is 6.22. The quantitative estimate of drug-likeness (QED) is 0.799. The number of carbonyl (C=O) groups excluding carboxylic acids is 1. The van der Waals surface area contributed by atoms with Crippen molar-refractivity contribution in [2.75, 3.05) is 6.61 Å². The van der Waals surface area contributed by atoms with Gasteiger partial charge in [0.15, 0.2) is 12.6 Å². The molecule has 0 spiro atoms. The molecule has 0 unspecified atom stereocenters. The van der Waals surface area contributed by atoms with E-state index in [0.717, 1.165) is 11.1 Å². The molecule has 2 aromatic carbocycles. The Morgan fingerprint density at radius 3 is 2.48 bits per heavy atom. The second-order valence-corrected chi connectivity index (χ2v) is 7.23. The van der Waals surface area contributed by atoms with E-state index in [0.29, 0.717) is 6.61 Å². The first kappa shape index (κ1) is 20.0. The van der Waals surface area contributed by atoms with E-state index in [1.54, 1.807) is 0 Å². The molecule has 154 valence electrons. The van der Waals surface area contributed by atoms with E-state index in [1.165, 1.54) is 6.92 Å². The molecule has 2 aliphatic rings. The summed E-state index contributed by atoms with van der Waals surface area (Å²) in [5.74, 6) is -0.281. The molecule has 1 amide bonds. The Bertz CT molecular complexity index is 801. The van der Waals surface area contributed by atoms with Crippen LogP contribution in [0.4, 0.5) is 0 Å². The van der Waals surface area contributed by atoms with Crippen molar-refractivity contribution in [2.45, 2.75) is 50.5 Å². The van der Waals surface area contributed by atoms with Gasteiger partial charge in [-0.1, -0.05) is 60.7 Å². The van der Waals surface area contributed by atoms with Crippen molar-refractivity contribution in [3.05, 3.63) is 71.8 Å². The number of nitrogens with one attached hydrogen (secondary N) is 1. The van der Waals surface area contributed by atoms with E-state index in [9.17, 15) is 9.90 Å². The number of amides is 1. The van der Waals surface area contributed by atoms with Crippen molar-refractivity contribution < 1.29 is 28.8 Å². The molecule has 2 fully saturated rings. The molecule has 7 nitrogen and oxygen atoms in total. The Morgan fingerprint density at radius 2 is 1.79 bits per heavy atom. The fraction of sp³-hybridized carbons (Fsp3) is 0.409. The lowest BCUT2D eigenvalue weighted by Crippen LogP contribution is -2.66. The number of hydrogen-bond acceptors (Lipinski definition) is 6. The summed E-state index contributed by atoms with van der Waals surface area (Å²) in [6.45, 7) is 1.93. The molecule has 0 radical (unpaired) electrons. The number of aliphatic hydroxyl groups excluding tert-OH is 1. The highest BCUT2D eigenvalue weighted by atomic mass is 16.7. The number of ether oxygens (including phenoxy) is 4. The molecule has 0 bridgehead atoms. The van der Waals surface area contributed by atoms with Crippen LogP contribution in [-0.4, -0.2) is 48.3 Å². The summed E-state index contributed by atoms with van der Waals surface area (Å²) in [5.41, 5.74) is 1.83. The lowest BCUT2D eigenvalue weighted by Gasteiger charge is -2.47. The summed E-state index contributed by atoms with van der Waals surface area (Å²) in [7, 11) is 0. The zero-order valence-electron chi connectivity index (χ0n) is 16.1. The molecular formula is C22H25NO6. The lowest BCUT2D eigenvalue weighted by molar-refractivity contribution is -0.345. The molecule has 29 heavy (non-hydrogen) atoms. The van der Waals surface area contributed by atoms with E-state index in [2.05, 4.69) is 5.32 Å². The second kappa shape index (κ2) is 9.02. The van der Waals surface area contributed by atoms with Crippen molar-refractivity contribution >= 4 is 5.91 Å². The molecule has 2 N–H and O–H groups in total. The molecule has 4 rings (SSSR count). The van der Waals surface area contributed by atoms with E-state index in [-0.39, 0.29) is 12.5 Å². The van der Waals surface area contributed by atoms with Gasteiger partial charge in [-0.25, -0.2) is 0 Å². The van der Waals surface area contributed by atoms with Gasteiger partial charge in [-0.05, 0) is 5.56 Å². The molecule has 0 aliphatic carbocycles. The number of fused-ring (bicyclic) bond motifs is 1. The average Bonchev–Trinajstić information content (AvgIpc) is 2.75. The maximum atomic E-state index is 11.7. The van der Waals surface area contributed by atoms with Gasteiger partial charge in [0.05, 0.1) is 13.2 Å². The van der Waals surface area contributed by atoms with Crippen LogP contribution in [0.25, 0.3) is 0 Å². The minimum absolute atomic E-state index is 0.249. The van der Waals surface area contributed by atoms with Gasteiger partial charge < -0.3 is 29.4 Å². The third-order valence-electron chi connectivity index (χ3n) is 5.06. The predicted octanol–water partition coefficient (Wildman–Crippen LogP) is 1.91. The van der Waals surface area contributed by atoms with Crippen LogP contribution >= 0.6 is 0 Å². The number of aliphatic hydroxyl groups is 1. The first-order chi connectivity index (χ1) is 14.1. The van der Waals surface area contributed by atoms with Gasteiger partial charge >= 0.3 is 0 Å². The third-order valence-corrected chi connectivity index (χ3v) is 5.06. The van der Waals surface area contributed by atoms with Crippen LogP contribution in [0, 0.1) is 0 Å². The van der Waals surface area contributed by atoms with Crippen LogP contribution in [0.2, 0.25) is 0 Å². The van der Waals surface area contributed by atoms with Gasteiger partial charge in [-0.3, -0.25) is 4.79 Å². The fourth-order valence-corrected chi connectivity index (χ4v) is 3.65. The number of rotatable bonds is 5. The van der Waals surface area contributed by atoms with E-state index in [4.69, 9.17) is 18.9 Å². The van der Waals surface area contributed by atoms with Crippen molar-refractivity contribution in [3.8, 4) is 0 Å². The van der Waals surface area contributed by atoms with E-state index in [1.807, 2.05) is 60.7 Å². The van der Waals surface area contributed by atoms with Gasteiger partial charge in [0, 0.05) is 12.5 Å². The summed E-state index contributed by atoms with van der Waals surface area (Å²) >= 11 is 0. The molecule has 6 atom stereocenters. The number of hydrogen-bond donors (Lipinski definition) is 2. The summed E-state index contributed by atoms with van der Waals surface area (Å²) in [6, 6.07) is 18.4. The summed E-state index contributed by atoms with van der Waals surface area (Å²) in [5, 5.41) is 13.7. The van der Waals surface area contributed by atoms with Gasteiger partial charge in [0.2, 0.25) is 5.91 Å². The molecule has 7 heteroatoms. The Labute approximate surface area is 169 Å². The van der Waals surface area contributed by atoms with Crippen LogP contribution in [0.5, 0.6) is 0 Å². The van der Waals surface area contributed by atoms with Crippen LogP contribution in [-0.2, 0) is 30.3 Å². The van der Waals surface area contributed by atoms with E-state index < -0.39 is 36.9 Å². The minimum atomic E-state index is -1.01. The fourth-order valence-electron chi connectivity index (χ4n) is 3.65.